The number of carbonyl (C=O) groups excluding carboxylic acids is 2. The van der Waals surface area contributed by atoms with Crippen molar-refractivity contribution in [2.24, 2.45) is 5.92 Å². The van der Waals surface area contributed by atoms with Crippen molar-refractivity contribution in [1.29, 1.82) is 0 Å². The molecular weight excluding hydrogens is 344 g/mol. The van der Waals surface area contributed by atoms with Crippen molar-refractivity contribution in [2.75, 3.05) is 23.8 Å². The van der Waals surface area contributed by atoms with E-state index < -0.39 is 0 Å². The molecule has 3 rings (SSSR count). The topological polar surface area (TPSA) is 76.7 Å². The zero-order valence-electron chi connectivity index (χ0n) is 15.6. The van der Waals surface area contributed by atoms with E-state index >= 15 is 0 Å². The van der Waals surface area contributed by atoms with Crippen LogP contribution in [0.1, 0.15) is 37.0 Å². The average molecular weight is 368 g/mol. The van der Waals surface area contributed by atoms with Gasteiger partial charge in [0.15, 0.2) is 11.5 Å². The molecule has 0 aliphatic carbocycles. The molecular formula is C21H24N2O4. The third kappa shape index (κ3) is 4.58. The van der Waals surface area contributed by atoms with Crippen LogP contribution in [0.5, 0.6) is 11.5 Å². The van der Waals surface area contributed by atoms with E-state index in [9.17, 15) is 9.59 Å². The fraction of sp³-hybridized carbons (Fsp3) is 0.333. The zero-order valence-corrected chi connectivity index (χ0v) is 15.6. The van der Waals surface area contributed by atoms with Gasteiger partial charge in [-0.25, -0.2) is 0 Å². The Kier molecular flexibility index (Phi) is 5.96. The normalized spacial score (nSPS) is 12.6. The maximum atomic E-state index is 12.4. The summed E-state index contributed by atoms with van der Waals surface area (Å²) < 4.78 is 11.0. The van der Waals surface area contributed by atoms with Gasteiger partial charge in [0.25, 0.3) is 5.91 Å². The molecule has 0 spiro atoms. The van der Waals surface area contributed by atoms with E-state index in [4.69, 9.17) is 9.47 Å². The molecule has 2 amide bonds. The number of hydrogen-bond donors (Lipinski definition) is 2. The van der Waals surface area contributed by atoms with Gasteiger partial charge in [-0.15, -0.1) is 0 Å². The predicted molar refractivity (Wildman–Crippen MR) is 105 cm³/mol. The van der Waals surface area contributed by atoms with Gasteiger partial charge in [-0.2, -0.15) is 0 Å². The Balaban J connectivity index is 1.63. The van der Waals surface area contributed by atoms with E-state index in [-0.39, 0.29) is 17.7 Å². The molecule has 2 N–H and O–H groups in total. The largest absolute Gasteiger partial charge is 0.486 e. The molecule has 0 radical (unpaired) electrons. The van der Waals surface area contributed by atoms with Gasteiger partial charge >= 0.3 is 0 Å². The molecule has 0 unspecified atom stereocenters. The summed E-state index contributed by atoms with van der Waals surface area (Å²) in [6.45, 7) is 5.02. The van der Waals surface area contributed by atoms with E-state index in [1.54, 1.807) is 42.5 Å². The van der Waals surface area contributed by atoms with Crippen LogP contribution in [-0.4, -0.2) is 25.0 Å². The van der Waals surface area contributed by atoms with E-state index in [2.05, 4.69) is 10.6 Å². The standard InChI is InChI=1S/C21H24N2O4/c1-3-14(4-2)20(24)22-16-7-5-15(6-8-16)21(25)23-17-9-10-18-19(13-17)27-12-11-26-18/h5-10,13-14H,3-4,11-12H2,1-2H3,(H,22,24)(H,23,25). The van der Waals surface area contributed by atoms with Crippen molar-refractivity contribution in [1.82, 2.24) is 0 Å². The average Bonchev–Trinajstić information content (AvgIpc) is 2.69. The molecule has 142 valence electrons. The Bertz CT molecular complexity index is 813. The Hall–Kier alpha value is -3.02. The number of ether oxygens (including phenoxy) is 2. The Morgan fingerprint density at radius 1 is 0.889 bits per heavy atom. The van der Waals surface area contributed by atoms with E-state index in [1.807, 2.05) is 13.8 Å². The number of nitrogens with one attached hydrogen (secondary N) is 2. The molecule has 6 heteroatoms. The van der Waals surface area contributed by atoms with Gasteiger partial charge in [-0.3, -0.25) is 9.59 Å². The molecule has 0 atom stereocenters. The smallest absolute Gasteiger partial charge is 0.255 e. The molecule has 0 fully saturated rings. The summed E-state index contributed by atoms with van der Waals surface area (Å²) in [6, 6.07) is 12.1. The lowest BCUT2D eigenvalue weighted by molar-refractivity contribution is -0.120. The fourth-order valence-corrected chi connectivity index (χ4v) is 2.93. The van der Waals surface area contributed by atoms with Crippen molar-refractivity contribution >= 4 is 23.2 Å². The molecule has 1 heterocycles. The molecule has 0 bridgehead atoms. The van der Waals surface area contributed by atoms with Crippen molar-refractivity contribution in [3.8, 4) is 11.5 Å². The highest BCUT2D eigenvalue weighted by Gasteiger charge is 2.15. The molecule has 0 saturated carbocycles. The Morgan fingerprint density at radius 2 is 1.52 bits per heavy atom. The monoisotopic (exact) mass is 368 g/mol. The molecule has 0 aromatic heterocycles. The van der Waals surface area contributed by atoms with Crippen LogP contribution in [0.4, 0.5) is 11.4 Å². The number of rotatable bonds is 6. The van der Waals surface area contributed by atoms with Gasteiger partial charge < -0.3 is 20.1 Å². The van der Waals surface area contributed by atoms with E-state index in [0.717, 1.165) is 12.8 Å². The lowest BCUT2D eigenvalue weighted by Crippen LogP contribution is -2.21. The number of anilines is 2. The second-order valence-corrected chi connectivity index (χ2v) is 6.39. The summed E-state index contributed by atoms with van der Waals surface area (Å²) in [6.07, 6.45) is 1.61. The highest BCUT2D eigenvalue weighted by atomic mass is 16.6. The van der Waals surface area contributed by atoms with Gasteiger partial charge in [0.2, 0.25) is 5.91 Å². The maximum absolute atomic E-state index is 12.4. The number of amides is 2. The van der Waals surface area contributed by atoms with Gasteiger partial charge in [0, 0.05) is 28.9 Å². The highest BCUT2D eigenvalue weighted by molar-refractivity contribution is 6.04. The van der Waals surface area contributed by atoms with Crippen LogP contribution in [0.25, 0.3) is 0 Å². The molecule has 2 aromatic carbocycles. The van der Waals surface area contributed by atoms with Crippen LogP contribution in [0.15, 0.2) is 42.5 Å². The lowest BCUT2D eigenvalue weighted by atomic mass is 10.0. The van der Waals surface area contributed by atoms with Gasteiger partial charge in [0.05, 0.1) is 0 Å². The summed E-state index contributed by atoms with van der Waals surface area (Å²) in [7, 11) is 0. The lowest BCUT2D eigenvalue weighted by Gasteiger charge is -2.19. The summed E-state index contributed by atoms with van der Waals surface area (Å²) in [4.78, 5) is 24.6. The molecule has 1 aliphatic heterocycles. The Labute approximate surface area is 158 Å². The first-order valence-electron chi connectivity index (χ1n) is 9.22. The van der Waals surface area contributed by atoms with Gasteiger partial charge in [0.1, 0.15) is 13.2 Å². The minimum Gasteiger partial charge on any atom is -0.486 e. The minimum atomic E-state index is -0.232. The predicted octanol–water partition coefficient (Wildman–Crippen LogP) is 4.08. The first kappa shape index (κ1) is 18.8. The second kappa shape index (κ2) is 8.58. The van der Waals surface area contributed by atoms with E-state index in [0.29, 0.717) is 41.7 Å². The summed E-state index contributed by atoms with van der Waals surface area (Å²) in [5.41, 5.74) is 1.82. The van der Waals surface area contributed by atoms with Crippen molar-refractivity contribution in [3.05, 3.63) is 48.0 Å². The van der Waals surface area contributed by atoms with E-state index in [1.165, 1.54) is 0 Å². The third-order valence-electron chi connectivity index (χ3n) is 4.57. The molecule has 0 saturated heterocycles. The number of fused-ring (bicyclic) bond motifs is 1. The highest BCUT2D eigenvalue weighted by Crippen LogP contribution is 2.32. The van der Waals surface area contributed by atoms with Crippen LogP contribution in [-0.2, 0) is 4.79 Å². The van der Waals surface area contributed by atoms with Crippen molar-refractivity contribution in [2.45, 2.75) is 26.7 Å². The minimum absolute atomic E-state index is 0.00295. The molecule has 2 aromatic rings. The van der Waals surface area contributed by atoms with Crippen molar-refractivity contribution in [3.63, 3.8) is 0 Å². The number of hydrogen-bond acceptors (Lipinski definition) is 4. The fourth-order valence-electron chi connectivity index (χ4n) is 2.93. The van der Waals surface area contributed by atoms with Gasteiger partial charge in [-0.05, 0) is 49.2 Å². The molecule has 6 nitrogen and oxygen atoms in total. The SMILES string of the molecule is CCC(CC)C(=O)Nc1ccc(C(=O)Nc2ccc3c(c2)OCCO3)cc1. The molecule has 27 heavy (non-hydrogen) atoms. The zero-order chi connectivity index (χ0) is 19.2. The summed E-state index contributed by atoms with van der Waals surface area (Å²) in [5.74, 6) is 1.08. The summed E-state index contributed by atoms with van der Waals surface area (Å²) in [5, 5.41) is 5.74. The quantitative estimate of drug-likeness (QED) is 0.805. The number of benzene rings is 2. The Morgan fingerprint density at radius 3 is 2.19 bits per heavy atom. The van der Waals surface area contributed by atoms with Crippen LogP contribution >= 0.6 is 0 Å². The molecule has 1 aliphatic rings. The van der Waals surface area contributed by atoms with Crippen LogP contribution in [0.2, 0.25) is 0 Å². The second-order valence-electron chi connectivity index (χ2n) is 6.39. The van der Waals surface area contributed by atoms with Crippen molar-refractivity contribution < 1.29 is 19.1 Å². The van der Waals surface area contributed by atoms with Gasteiger partial charge in [-0.1, -0.05) is 13.8 Å². The first-order valence-corrected chi connectivity index (χ1v) is 9.22. The maximum Gasteiger partial charge on any atom is 0.255 e. The number of carbonyl (C=O) groups is 2. The van der Waals surface area contributed by atoms with Crippen LogP contribution in [0.3, 0.4) is 0 Å². The summed E-state index contributed by atoms with van der Waals surface area (Å²) >= 11 is 0. The van der Waals surface area contributed by atoms with Crippen LogP contribution < -0.4 is 20.1 Å². The third-order valence-corrected chi connectivity index (χ3v) is 4.57. The van der Waals surface area contributed by atoms with Crippen LogP contribution in [0, 0.1) is 5.92 Å². The first-order chi connectivity index (χ1) is 13.1.